The van der Waals surface area contributed by atoms with Crippen molar-refractivity contribution in [3.8, 4) is 23.0 Å². The van der Waals surface area contributed by atoms with Gasteiger partial charge in [-0.1, -0.05) is 26.0 Å². The Hall–Kier alpha value is -4.46. The Morgan fingerprint density at radius 3 is 2.15 bits per heavy atom. The molecule has 0 spiro atoms. The molecule has 1 aliphatic rings. The Bertz CT molecular complexity index is 1430. The number of carbonyl (C=O) groups is 2. The maximum Gasteiger partial charge on any atom is 0.300 e. The summed E-state index contributed by atoms with van der Waals surface area (Å²) in [5, 5.41) is 21.4. The van der Waals surface area contributed by atoms with Gasteiger partial charge in [0.25, 0.3) is 11.7 Å². The second-order valence-electron chi connectivity index (χ2n) is 9.94. The summed E-state index contributed by atoms with van der Waals surface area (Å²) in [7, 11) is 0. The van der Waals surface area contributed by atoms with Gasteiger partial charge in [-0.3, -0.25) is 14.5 Å². The Balaban J connectivity index is 1.85. The Morgan fingerprint density at radius 1 is 0.875 bits per heavy atom. The first-order valence-corrected chi connectivity index (χ1v) is 13.4. The first kappa shape index (κ1) is 28.5. The molecule has 1 atom stereocenters. The summed E-state index contributed by atoms with van der Waals surface area (Å²) < 4.78 is 17.3. The first-order chi connectivity index (χ1) is 19.2. The Labute approximate surface area is 234 Å². The van der Waals surface area contributed by atoms with E-state index in [9.17, 15) is 19.8 Å². The number of aliphatic hydroxyl groups is 1. The van der Waals surface area contributed by atoms with Gasteiger partial charge in [0.15, 0.2) is 11.5 Å². The number of Topliss-reactive ketones (excluding diaryl/α,β-unsaturated/α-hetero) is 1. The van der Waals surface area contributed by atoms with E-state index in [1.165, 1.54) is 17.0 Å². The van der Waals surface area contributed by atoms with Crippen molar-refractivity contribution < 1.29 is 34.0 Å². The van der Waals surface area contributed by atoms with Crippen LogP contribution >= 0.6 is 0 Å². The fraction of sp³-hybridized carbons (Fsp3) is 0.312. The third-order valence-corrected chi connectivity index (χ3v) is 6.48. The van der Waals surface area contributed by atoms with Crippen molar-refractivity contribution in [2.45, 2.75) is 40.7 Å². The van der Waals surface area contributed by atoms with Crippen molar-refractivity contribution in [3.05, 3.63) is 82.9 Å². The van der Waals surface area contributed by atoms with E-state index in [2.05, 4.69) is 13.8 Å². The van der Waals surface area contributed by atoms with Crippen LogP contribution in [0.3, 0.4) is 0 Å². The molecule has 1 saturated heterocycles. The molecule has 0 radical (unpaired) electrons. The molecule has 1 unspecified atom stereocenters. The lowest BCUT2D eigenvalue weighted by atomic mass is 9.94. The molecule has 1 amide bonds. The van der Waals surface area contributed by atoms with E-state index < -0.39 is 17.7 Å². The molecule has 210 valence electrons. The number of aromatic hydroxyl groups is 1. The fourth-order valence-electron chi connectivity index (χ4n) is 4.63. The normalized spacial score (nSPS) is 16.4. The molecular formula is C32H35NO7. The standard InChI is InChI=1S/C32H35NO7/c1-6-38-26-15-11-23(17-27(26)39-7-2)33-29(21-8-12-24(34)13-9-21)28(31(36)32(33)37)30(35)22-10-14-25(20(5)16-22)40-18-19(3)4/h8-17,19,29,34-35H,6-7,18H2,1-5H3/b30-28+. The summed E-state index contributed by atoms with van der Waals surface area (Å²) >= 11 is 0. The van der Waals surface area contributed by atoms with Gasteiger partial charge in [0.1, 0.15) is 17.3 Å². The van der Waals surface area contributed by atoms with E-state index in [4.69, 9.17) is 14.2 Å². The summed E-state index contributed by atoms with van der Waals surface area (Å²) in [6.45, 7) is 11.0. The zero-order chi connectivity index (χ0) is 29.0. The zero-order valence-electron chi connectivity index (χ0n) is 23.4. The lowest BCUT2D eigenvalue weighted by Gasteiger charge is -2.26. The highest BCUT2D eigenvalue weighted by atomic mass is 16.5. The van der Waals surface area contributed by atoms with Crippen LogP contribution in [0.1, 0.15) is 50.4 Å². The highest BCUT2D eigenvalue weighted by Crippen LogP contribution is 2.44. The lowest BCUT2D eigenvalue weighted by molar-refractivity contribution is -0.132. The predicted octanol–water partition coefficient (Wildman–Crippen LogP) is 6.16. The quantitative estimate of drug-likeness (QED) is 0.179. The fourth-order valence-corrected chi connectivity index (χ4v) is 4.63. The maximum atomic E-state index is 13.5. The number of carbonyl (C=O) groups excluding carboxylic acids is 2. The number of hydrogen-bond acceptors (Lipinski definition) is 7. The highest BCUT2D eigenvalue weighted by Gasteiger charge is 2.47. The first-order valence-electron chi connectivity index (χ1n) is 13.4. The molecule has 8 heteroatoms. The number of nitrogens with zero attached hydrogens (tertiary/aromatic N) is 1. The predicted molar refractivity (Wildman–Crippen MR) is 153 cm³/mol. The molecular weight excluding hydrogens is 510 g/mol. The number of ether oxygens (including phenoxy) is 3. The van der Waals surface area contributed by atoms with Gasteiger partial charge in [0.2, 0.25) is 0 Å². The average molecular weight is 546 g/mol. The van der Waals surface area contributed by atoms with Gasteiger partial charge < -0.3 is 24.4 Å². The van der Waals surface area contributed by atoms with Gasteiger partial charge in [-0.2, -0.15) is 0 Å². The molecule has 1 fully saturated rings. The smallest absolute Gasteiger partial charge is 0.300 e. The number of hydrogen-bond donors (Lipinski definition) is 2. The van der Waals surface area contributed by atoms with Gasteiger partial charge in [0, 0.05) is 17.3 Å². The molecule has 0 aromatic heterocycles. The number of phenolic OH excluding ortho intramolecular Hbond substituents is 1. The molecule has 40 heavy (non-hydrogen) atoms. The minimum absolute atomic E-state index is 0.0352. The molecule has 3 aromatic carbocycles. The van der Waals surface area contributed by atoms with Crippen LogP contribution in [-0.2, 0) is 9.59 Å². The molecule has 1 heterocycles. The third-order valence-electron chi connectivity index (χ3n) is 6.48. The number of benzene rings is 3. The van der Waals surface area contributed by atoms with Crippen molar-refractivity contribution in [1.82, 2.24) is 0 Å². The summed E-state index contributed by atoms with van der Waals surface area (Å²) in [6, 6.07) is 15.4. The van der Waals surface area contributed by atoms with Crippen LogP contribution in [0.4, 0.5) is 5.69 Å². The van der Waals surface area contributed by atoms with E-state index in [0.29, 0.717) is 59.8 Å². The van der Waals surface area contributed by atoms with E-state index >= 15 is 0 Å². The largest absolute Gasteiger partial charge is 0.508 e. The van der Waals surface area contributed by atoms with Crippen molar-refractivity contribution in [2.75, 3.05) is 24.7 Å². The lowest BCUT2D eigenvalue weighted by Crippen LogP contribution is -2.29. The van der Waals surface area contributed by atoms with Gasteiger partial charge >= 0.3 is 0 Å². The molecule has 0 bridgehead atoms. The van der Waals surface area contributed by atoms with E-state index in [1.807, 2.05) is 20.8 Å². The number of phenols is 1. The van der Waals surface area contributed by atoms with E-state index in [0.717, 1.165) is 5.56 Å². The van der Waals surface area contributed by atoms with Crippen LogP contribution < -0.4 is 19.1 Å². The third kappa shape index (κ3) is 5.76. The number of aryl methyl sites for hydroxylation is 1. The summed E-state index contributed by atoms with van der Waals surface area (Å²) in [6.07, 6.45) is 0. The molecule has 2 N–H and O–H groups in total. The van der Waals surface area contributed by atoms with Crippen molar-refractivity contribution >= 4 is 23.1 Å². The van der Waals surface area contributed by atoms with Crippen LogP contribution in [0, 0.1) is 12.8 Å². The summed E-state index contributed by atoms with van der Waals surface area (Å²) in [4.78, 5) is 28.4. The van der Waals surface area contributed by atoms with Crippen LogP contribution in [0.2, 0.25) is 0 Å². The number of aliphatic hydroxyl groups excluding tert-OH is 1. The van der Waals surface area contributed by atoms with Crippen LogP contribution in [0.25, 0.3) is 5.76 Å². The number of amides is 1. The monoisotopic (exact) mass is 545 g/mol. The molecule has 0 saturated carbocycles. The van der Waals surface area contributed by atoms with Gasteiger partial charge in [-0.15, -0.1) is 0 Å². The molecule has 0 aliphatic carbocycles. The van der Waals surface area contributed by atoms with Crippen molar-refractivity contribution in [3.63, 3.8) is 0 Å². The maximum absolute atomic E-state index is 13.5. The molecule has 4 rings (SSSR count). The molecule has 3 aromatic rings. The summed E-state index contributed by atoms with van der Waals surface area (Å²) in [5.74, 6) is 0.0987. The Morgan fingerprint density at radius 2 is 1.52 bits per heavy atom. The van der Waals surface area contributed by atoms with E-state index in [1.54, 1.807) is 48.5 Å². The number of anilines is 1. The zero-order valence-corrected chi connectivity index (χ0v) is 23.4. The number of ketones is 1. The minimum atomic E-state index is -0.954. The Kier molecular flexibility index (Phi) is 8.67. The highest BCUT2D eigenvalue weighted by molar-refractivity contribution is 6.51. The number of rotatable bonds is 10. The topological polar surface area (TPSA) is 106 Å². The second-order valence-corrected chi connectivity index (χ2v) is 9.94. The van der Waals surface area contributed by atoms with Gasteiger partial charge in [0.05, 0.1) is 31.4 Å². The minimum Gasteiger partial charge on any atom is -0.508 e. The van der Waals surface area contributed by atoms with Crippen LogP contribution in [-0.4, -0.2) is 41.7 Å². The second kappa shape index (κ2) is 12.2. The van der Waals surface area contributed by atoms with Crippen molar-refractivity contribution in [2.24, 2.45) is 5.92 Å². The van der Waals surface area contributed by atoms with E-state index in [-0.39, 0.29) is 17.1 Å². The summed E-state index contributed by atoms with van der Waals surface area (Å²) in [5.41, 5.74) is 2.06. The SMILES string of the molecule is CCOc1ccc(N2C(=O)C(=O)/C(=C(/O)c3ccc(OCC(C)C)c(C)c3)C2c2ccc(O)cc2)cc1OCC. The van der Waals surface area contributed by atoms with Gasteiger partial charge in [-0.25, -0.2) is 0 Å². The van der Waals surface area contributed by atoms with Gasteiger partial charge in [-0.05, 0) is 80.3 Å². The molecule has 1 aliphatic heterocycles. The average Bonchev–Trinajstić information content (AvgIpc) is 3.19. The molecule has 8 nitrogen and oxygen atoms in total. The van der Waals surface area contributed by atoms with Crippen LogP contribution in [0.5, 0.6) is 23.0 Å². The van der Waals surface area contributed by atoms with Crippen LogP contribution in [0.15, 0.2) is 66.2 Å². The van der Waals surface area contributed by atoms with Crippen molar-refractivity contribution in [1.29, 1.82) is 0 Å².